The van der Waals surface area contributed by atoms with Gasteiger partial charge in [-0.25, -0.2) is 9.67 Å². The molecule has 1 N–H and O–H groups in total. The quantitative estimate of drug-likeness (QED) is 0.433. The molecule has 2 aromatic heterocycles. The van der Waals surface area contributed by atoms with Gasteiger partial charge >= 0.3 is 0 Å². The number of hydrogen-bond acceptors (Lipinski definition) is 7. The highest BCUT2D eigenvalue weighted by Crippen LogP contribution is 2.19. The number of tetrazole rings is 1. The van der Waals surface area contributed by atoms with Crippen molar-refractivity contribution in [3.63, 3.8) is 0 Å². The number of carbonyl (C=O) groups excluding carboxylic acids is 1. The molecule has 1 aromatic carbocycles. The maximum absolute atomic E-state index is 12.3. The minimum absolute atomic E-state index is 0.0945. The summed E-state index contributed by atoms with van der Waals surface area (Å²) >= 11 is 1.61. The number of carbonyl (C=O) groups is 1. The van der Waals surface area contributed by atoms with Crippen molar-refractivity contribution in [1.29, 1.82) is 0 Å². The van der Waals surface area contributed by atoms with E-state index < -0.39 is 0 Å². The van der Waals surface area contributed by atoms with E-state index in [1.165, 1.54) is 11.1 Å². The Kier molecular flexibility index (Phi) is 6.20. The lowest BCUT2D eigenvalue weighted by Crippen LogP contribution is -2.33. The fourth-order valence-electron chi connectivity index (χ4n) is 3.36. The molecule has 0 fully saturated rings. The van der Waals surface area contributed by atoms with E-state index in [-0.39, 0.29) is 12.5 Å². The molecule has 3 aromatic rings. The Morgan fingerprint density at radius 1 is 1.28 bits per heavy atom. The van der Waals surface area contributed by atoms with Crippen molar-refractivity contribution in [2.75, 3.05) is 18.8 Å². The largest absolute Gasteiger partial charge is 0.354 e. The zero-order valence-corrected chi connectivity index (χ0v) is 17.2. The molecule has 0 atom stereocenters. The number of aryl methyl sites for hydroxylation is 1. The van der Waals surface area contributed by atoms with Crippen molar-refractivity contribution >= 4 is 17.7 Å². The molecule has 0 saturated heterocycles. The van der Waals surface area contributed by atoms with Gasteiger partial charge < -0.3 is 9.88 Å². The van der Waals surface area contributed by atoms with E-state index in [0.29, 0.717) is 18.9 Å². The second-order valence-electron chi connectivity index (χ2n) is 7.00. The third-order valence-electron chi connectivity index (χ3n) is 4.91. The van der Waals surface area contributed by atoms with Crippen LogP contribution in [0.25, 0.3) is 0 Å². The van der Waals surface area contributed by atoms with E-state index in [9.17, 15) is 4.79 Å². The molecule has 1 aliphatic heterocycles. The summed E-state index contributed by atoms with van der Waals surface area (Å²) in [6.07, 6.45) is 4.69. The maximum Gasteiger partial charge on any atom is 0.241 e. The van der Waals surface area contributed by atoms with E-state index in [1.807, 2.05) is 17.8 Å². The number of amides is 1. The molecule has 10 heteroatoms. The molecule has 0 bridgehead atoms. The lowest BCUT2D eigenvalue weighted by molar-refractivity contribution is -0.121. The van der Waals surface area contributed by atoms with Crippen molar-refractivity contribution in [3.8, 4) is 0 Å². The Labute approximate surface area is 173 Å². The summed E-state index contributed by atoms with van der Waals surface area (Å²) in [7, 11) is 1.95. The first-order chi connectivity index (χ1) is 14.2. The van der Waals surface area contributed by atoms with Gasteiger partial charge in [0.05, 0.1) is 6.54 Å². The molecule has 0 unspecified atom stereocenters. The average molecular weight is 413 g/mol. The predicted molar refractivity (Wildman–Crippen MR) is 109 cm³/mol. The molecule has 3 heterocycles. The summed E-state index contributed by atoms with van der Waals surface area (Å²) in [6, 6.07) is 8.51. The van der Waals surface area contributed by atoms with Gasteiger partial charge in [0.25, 0.3) is 0 Å². The summed E-state index contributed by atoms with van der Waals surface area (Å²) in [4.78, 5) is 18.8. The SMILES string of the molecule is Cn1ccnc1SCCNC(=O)Cn1nnnc1CN1CCc2ccccc2C1. The van der Waals surface area contributed by atoms with Crippen molar-refractivity contribution in [3.05, 3.63) is 53.6 Å². The molecular weight excluding hydrogens is 388 g/mol. The highest BCUT2D eigenvalue weighted by molar-refractivity contribution is 7.99. The lowest BCUT2D eigenvalue weighted by atomic mass is 10.00. The molecule has 29 heavy (non-hydrogen) atoms. The number of aromatic nitrogens is 6. The normalized spacial score (nSPS) is 14.0. The van der Waals surface area contributed by atoms with Crippen LogP contribution in [-0.4, -0.2) is 59.4 Å². The van der Waals surface area contributed by atoms with Crippen molar-refractivity contribution in [1.82, 2.24) is 40.0 Å². The molecule has 4 rings (SSSR count). The van der Waals surface area contributed by atoms with E-state index in [2.05, 4.69) is 55.0 Å². The second kappa shape index (κ2) is 9.19. The molecule has 1 amide bonds. The topological polar surface area (TPSA) is 93.8 Å². The van der Waals surface area contributed by atoms with Crippen LogP contribution in [0.1, 0.15) is 17.0 Å². The van der Waals surface area contributed by atoms with Gasteiger partial charge in [0, 0.05) is 44.8 Å². The van der Waals surface area contributed by atoms with Gasteiger partial charge in [-0.2, -0.15) is 0 Å². The van der Waals surface area contributed by atoms with Crippen LogP contribution in [-0.2, 0) is 37.9 Å². The van der Waals surface area contributed by atoms with Crippen molar-refractivity contribution < 1.29 is 4.79 Å². The van der Waals surface area contributed by atoms with E-state index in [0.717, 1.165) is 30.4 Å². The molecule has 0 saturated carbocycles. The van der Waals surface area contributed by atoms with Gasteiger partial charge in [0.1, 0.15) is 6.54 Å². The zero-order valence-electron chi connectivity index (χ0n) is 16.4. The summed E-state index contributed by atoms with van der Waals surface area (Å²) in [5.41, 5.74) is 2.76. The first-order valence-corrected chi connectivity index (χ1v) is 10.6. The predicted octanol–water partition coefficient (Wildman–Crippen LogP) is 0.873. The number of fused-ring (bicyclic) bond motifs is 1. The number of imidazole rings is 1. The molecule has 1 aliphatic rings. The number of hydrogen-bond donors (Lipinski definition) is 1. The third-order valence-corrected chi connectivity index (χ3v) is 5.97. The van der Waals surface area contributed by atoms with Gasteiger partial charge in [-0.05, 0) is 28.0 Å². The van der Waals surface area contributed by atoms with Crippen LogP contribution in [0, 0.1) is 0 Å². The fraction of sp³-hybridized carbons (Fsp3) is 0.421. The molecule has 9 nitrogen and oxygen atoms in total. The Morgan fingerprint density at radius 3 is 2.97 bits per heavy atom. The average Bonchev–Trinajstić information content (AvgIpc) is 3.34. The van der Waals surface area contributed by atoms with E-state index >= 15 is 0 Å². The van der Waals surface area contributed by atoms with Gasteiger partial charge in [0.2, 0.25) is 5.91 Å². The van der Waals surface area contributed by atoms with Crippen molar-refractivity contribution in [2.45, 2.75) is 31.2 Å². The maximum atomic E-state index is 12.3. The summed E-state index contributed by atoms with van der Waals surface area (Å²) in [5, 5.41) is 15.7. The molecular formula is C19H24N8OS. The van der Waals surface area contributed by atoms with Crippen LogP contribution in [0.2, 0.25) is 0 Å². The second-order valence-corrected chi connectivity index (χ2v) is 8.06. The van der Waals surface area contributed by atoms with E-state index in [4.69, 9.17) is 0 Å². The monoisotopic (exact) mass is 412 g/mol. The Balaban J connectivity index is 1.25. The Morgan fingerprint density at radius 2 is 2.14 bits per heavy atom. The van der Waals surface area contributed by atoms with Crippen LogP contribution >= 0.6 is 11.8 Å². The van der Waals surface area contributed by atoms with Crippen LogP contribution in [0.3, 0.4) is 0 Å². The molecule has 152 valence electrons. The van der Waals surface area contributed by atoms with Gasteiger partial charge in [0.15, 0.2) is 11.0 Å². The smallest absolute Gasteiger partial charge is 0.241 e. The number of thioether (sulfide) groups is 1. The summed E-state index contributed by atoms with van der Waals surface area (Å²) in [5.74, 6) is 1.37. The molecule has 0 spiro atoms. The first kappa shape index (κ1) is 19.6. The zero-order chi connectivity index (χ0) is 20.1. The fourth-order valence-corrected chi connectivity index (χ4v) is 4.15. The van der Waals surface area contributed by atoms with Gasteiger partial charge in [-0.15, -0.1) is 5.10 Å². The molecule has 0 radical (unpaired) electrons. The number of nitrogens with zero attached hydrogens (tertiary/aromatic N) is 7. The van der Waals surface area contributed by atoms with E-state index in [1.54, 1.807) is 22.6 Å². The minimum Gasteiger partial charge on any atom is -0.354 e. The minimum atomic E-state index is -0.0945. The third kappa shape index (κ3) is 5.01. The summed E-state index contributed by atoms with van der Waals surface area (Å²) in [6.45, 7) is 3.15. The molecule has 0 aliphatic carbocycles. The Hall–Kier alpha value is -2.72. The highest BCUT2D eigenvalue weighted by Gasteiger charge is 2.19. The van der Waals surface area contributed by atoms with Crippen LogP contribution in [0.4, 0.5) is 0 Å². The van der Waals surface area contributed by atoms with Crippen LogP contribution in [0.15, 0.2) is 41.8 Å². The first-order valence-electron chi connectivity index (χ1n) is 9.60. The summed E-state index contributed by atoms with van der Waals surface area (Å²) < 4.78 is 3.54. The lowest BCUT2D eigenvalue weighted by Gasteiger charge is -2.28. The van der Waals surface area contributed by atoms with Gasteiger partial charge in [-0.3, -0.25) is 9.69 Å². The number of nitrogens with one attached hydrogen (secondary N) is 1. The van der Waals surface area contributed by atoms with Crippen LogP contribution in [0.5, 0.6) is 0 Å². The van der Waals surface area contributed by atoms with Gasteiger partial charge in [-0.1, -0.05) is 36.0 Å². The Bertz CT molecular complexity index is 969. The van der Waals surface area contributed by atoms with Crippen LogP contribution < -0.4 is 5.32 Å². The number of benzene rings is 1. The highest BCUT2D eigenvalue weighted by atomic mass is 32.2. The van der Waals surface area contributed by atoms with Crippen molar-refractivity contribution in [2.24, 2.45) is 7.05 Å². The number of rotatable bonds is 8. The standard InChI is InChI=1S/C19H24N8OS/c1-25-10-7-21-19(25)29-11-8-20-18(28)14-27-17(22-23-24-27)13-26-9-6-15-4-2-3-5-16(15)12-26/h2-5,7,10H,6,8-9,11-14H2,1H3,(H,20,28).